The van der Waals surface area contributed by atoms with Crippen molar-refractivity contribution in [3.8, 4) is 0 Å². The maximum Gasteiger partial charge on any atom is 0.239 e. The predicted octanol–water partition coefficient (Wildman–Crippen LogP) is 1.56. The molecular weight excluding hydrogens is 338 g/mol. The molecule has 2 N–H and O–H groups in total. The highest BCUT2D eigenvalue weighted by Crippen LogP contribution is 2.32. The van der Waals surface area contributed by atoms with Gasteiger partial charge in [-0.15, -0.1) is 11.3 Å². The lowest BCUT2D eigenvalue weighted by atomic mass is 10.2. The number of fused-ring (bicyclic) bond motifs is 1. The van der Waals surface area contributed by atoms with E-state index in [9.17, 15) is 4.79 Å². The third-order valence-electron chi connectivity index (χ3n) is 4.46. The largest absolute Gasteiger partial charge is 0.379 e. The molecule has 1 amide bonds. The minimum atomic E-state index is -0.0154. The molecule has 0 aliphatic carbocycles. The van der Waals surface area contributed by atoms with Crippen molar-refractivity contribution in [2.75, 3.05) is 51.3 Å². The van der Waals surface area contributed by atoms with E-state index in [2.05, 4.69) is 39.3 Å². The summed E-state index contributed by atoms with van der Waals surface area (Å²) in [5, 5.41) is 7.13. The minimum Gasteiger partial charge on any atom is -0.379 e. The van der Waals surface area contributed by atoms with Gasteiger partial charge >= 0.3 is 0 Å². The summed E-state index contributed by atoms with van der Waals surface area (Å²) in [6.45, 7) is 9.64. The van der Waals surface area contributed by atoms with Gasteiger partial charge < -0.3 is 15.4 Å². The topological polar surface area (TPSA) is 79.4 Å². The molecule has 7 nitrogen and oxygen atoms in total. The summed E-state index contributed by atoms with van der Waals surface area (Å²) < 4.78 is 5.33. The molecular formula is C17H25N5O2S. The summed E-state index contributed by atoms with van der Waals surface area (Å²) in [4.78, 5) is 25.2. The normalized spacial score (nSPS) is 15.4. The smallest absolute Gasteiger partial charge is 0.239 e. The molecule has 3 rings (SSSR count). The van der Waals surface area contributed by atoms with Gasteiger partial charge in [0, 0.05) is 24.5 Å². The van der Waals surface area contributed by atoms with Crippen LogP contribution in [0.15, 0.2) is 6.33 Å². The first-order chi connectivity index (χ1) is 12.1. The number of hydrogen-bond acceptors (Lipinski definition) is 7. The number of thiophene rings is 1. The van der Waals surface area contributed by atoms with Gasteiger partial charge in [-0.1, -0.05) is 0 Å². The highest BCUT2D eigenvalue weighted by atomic mass is 32.1. The van der Waals surface area contributed by atoms with Crippen LogP contribution in [0.4, 0.5) is 5.82 Å². The molecule has 0 spiro atoms. The van der Waals surface area contributed by atoms with E-state index in [1.807, 2.05) is 0 Å². The number of carbonyl (C=O) groups is 1. The van der Waals surface area contributed by atoms with Crippen LogP contribution in [0.5, 0.6) is 0 Å². The molecule has 136 valence electrons. The Morgan fingerprint density at radius 1 is 1.32 bits per heavy atom. The Morgan fingerprint density at radius 3 is 2.92 bits per heavy atom. The van der Waals surface area contributed by atoms with Gasteiger partial charge in [0.1, 0.15) is 17.0 Å². The Kier molecular flexibility index (Phi) is 6.17. The van der Waals surface area contributed by atoms with Gasteiger partial charge in [0.2, 0.25) is 5.91 Å². The van der Waals surface area contributed by atoms with Crippen molar-refractivity contribution in [1.29, 1.82) is 0 Å². The Labute approximate surface area is 151 Å². The number of nitrogens with zero attached hydrogens (tertiary/aromatic N) is 3. The van der Waals surface area contributed by atoms with Crippen LogP contribution >= 0.6 is 11.3 Å². The average Bonchev–Trinajstić information content (AvgIpc) is 2.93. The number of aryl methyl sites for hydroxylation is 2. The van der Waals surface area contributed by atoms with Gasteiger partial charge in [-0.05, 0) is 32.4 Å². The van der Waals surface area contributed by atoms with Crippen molar-refractivity contribution in [1.82, 2.24) is 20.2 Å². The van der Waals surface area contributed by atoms with Gasteiger partial charge in [0.05, 0.1) is 25.1 Å². The van der Waals surface area contributed by atoms with Crippen molar-refractivity contribution >= 4 is 33.3 Å². The second-order valence-electron chi connectivity index (χ2n) is 6.20. The lowest BCUT2D eigenvalue weighted by Gasteiger charge is -2.26. The minimum absolute atomic E-state index is 0.0154. The first-order valence-electron chi connectivity index (χ1n) is 8.66. The molecule has 2 aromatic rings. The zero-order chi connectivity index (χ0) is 17.6. The van der Waals surface area contributed by atoms with E-state index < -0.39 is 0 Å². The van der Waals surface area contributed by atoms with Crippen molar-refractivity contribution in [3.63, 3.8) is 0 Å². The summed E-state index contributed by atoms with van der Waals surface area (Å²) in [5.41, 5.74) is 1.18. The molecule has 2 aromatic heterocycles. The molecule has 1 aliphatic rings. The summed E-state index contributed by atoms with van der Waals surface area (Å²) in [5.74, 6) is 0.716. The van der Waals surface area contributed by atoms with Crippen molar-refractivity contribution in [2.24, 2.45) is 0 Å². The first kappa shape index (κ1) is 18.0. The first-order valence-corrected chi connectivity index (χ1v) is 9.48. The fourth-order valence-corrected chi connectivity index (χ4v) is 3.90. The van der Waals surface area contributed by atoms with E-state index in [4.69, 9.17) is 4.74 Å². The van der Waals surface area contributed by atoms with Crippen LogP contribution in [0.25, 0.3) is 10.2 Å². The van der Waals surface area contributed by atoms with Crippen molar-refractivity contribution in [3.05, 3.63) is 16.8 Å². The zero-order valence-corrected chi connectivity index (χ0v) is 15.6. The number of morpholine rings is 1. The number of ether oxygens (including phenoxy) is 1. The van der Waals surface area contributed by atoms with Crippen LogP contribution in [0, 0.1) is 13.8 Å². The number of anilines is 1. The van der Waals surface area contributed by atoms with E-state index in [0.29, 0.717) is 6.54 Å². The molecule has 3 heterocycles. The summed E-state index contributed by atoms with van der Waals surface area (Å²) in [7, 11) is 0. The second kappa shape index (κ2) is 8.55. The van der Waals surface area contributed by atoms with Crippen LogP contribution in [0.2, 0.25) is 0 Å². The molecule has 0 saturated carbocycles. The molecule has 25 heavy (non-hydrogen) atoms. The quantitative estimate of drug-likeness (QED) is 0.727. The lowest BCUT2D eigenvalue weighted by molar-refractivity contribution is -0.119. The summed E-state index contributed by atoms with van der Waals surface area (Å²) in [6, 6.07) is 0. The predicted molar refractivity (Wildman–Crippen MR) is 100 cm³/mol. The van der Waals surface area contributed by atoms with E-state index in [1.165, 1.54) is 10.4 Å². The third kappa shape index (κ3) is 4.65. The van der Waals surface area contributed by atoms with E-state index in [-0.39, 0.29) is 12.5 Å². The lowest BCUT2D eigenvalue weighted by Crippen LogP contribution is -2.38. The fourth-order valence-electron chi connectivity index (χ4n) is 2.90. The van der Waals surface area contributed by atoms with Crippen LogP contribution in [0.1, 0.15) is 16.9 Å². The molecule has 0 bridgehead atoms. The zero-order valence-electron chi connectivity index (χ0n) is 14.8. The molecule has 0 radical (unpaired) electrons. The summed E-state index contributed by atoms with van der Waals surface area (Å²) in [6.07, 6.45) is 2.49. The highest BCUT2D eigenvalue weighted by Gasteiger charge is 2.13. The monoisotopic (exact) mass is 363 g/mol. The standard InChI is InChI=1S/C17H25N5O2S/c1-12-13(2)25-17-15(12)16(20-11-21-17)19-10-14(23)18-4-3-5-22-6-8-24-9-7-22/h11H,3-10H2,1-2H3,(H,18,23)(H,19,20,21). The van der Waals surface area contributed by atoms with Gasteiger partial charge in [-0.3, -0.25) is 9.69 Å². The van der Waals surface area contributed by atoms with E-state index in [0.717, 1.165) is 55.3 Å². The molecule has 1 saturated heterocycles. The number of hydrogen-bond donors (Lipinski definition) is 2. The Balaban J connectivity index is 1.43. The fraction of sp³-hybridized carbons (Fsp3) is 0.588. The van der Waals surface area contributed by atoms with Crippen LogP contribution in [-0.4, -0.2) is 66.7 Å². The van der Waals surface area contributed by atoms with Crippen LogP contribution in [0.3, 0.4) is 0 Å². The third-order valence-corrected chi connectivity index (χ3v) is 5.57. The number of amides is 1. The number of rotatable bonds is 7. The number of carbonyl (C=O) groups excluding carboxylic acids is 1. The molecule has 1 aliphatic heterocycles. The maximum atomic E-state index is 12.0. The van der Waals surface area contributed by atoms with Gasteiger partial charge in [-0.25, -0.2) is 9.97 Å². The van der Waals surface area contributed by atoms with Crippen LogP contribution < -0.4 is 10.6 Å². The second-order valence-corrected chi connectivity index (χ2v) is 7.40. The molecule has 0 unspecified atom stereocenters. The van der Waals surface area contributed by atoms with Crippen LogP contribution in [-0.2, 0) is 9.53 Å². The SMILES string of the molecule is Cc1sc2ncnc(NCC(=O)NCCCN3CCOCC3)c2c1C. The average molecular weight is 363 g/mol. The molecule has 0 aromatic carbocycles. The Morgan fingerprint density at radius 2 is 2.12 bits per heavy atom. The van der Waals surface area contributed by atoms with E-state index >= 15 is 0 Å². The van der Waals surface area contributed by atoms with E-state index in [1.54, 1.807) is 17.7 Å². The van der Waals surface area contributed by atoms with Crippen molar-refractivity contribution in [2.45, 2.75) is 20.3 Å². The molecule has 8 heteroatoms. The molecule has 1 fully saturated rings. The summed E-state index contributed by atoms with van der Waals surface area (Å²) >= 11 is 1.65. The Hall–Kier alpha value is -1.77. The Bertz CT molecular complexity index is 727. The van der Waals surface area contributed by atoms with Gasteiger partial charge in [-0.2, -0.15) is 0 Å². The number of nitrogens with one attached hydrogen (secondary N) is 2. The van der Waals surface area contributed by atoms with Crippen molar-refractivity contribution < 1.29 is 9.53 Å². The highest BCUT2D eigenvalue weighted by molar-refractivity contribution is 7.18. The molecule has 0 atom stereocenters. The maximum absolute atomic E-state index is 12.0. The number of aromatic nitrogens is 2. The van der Waals surface area contributed by atoms with Gasteiger partial charge in [0.15, 0.2) is 0 Å². The van der Waals surface area contributed by atoms with Gasteiger partial charge in [0.25, 0.3) is 0 Å².